The first kappa shape index (κ1) is 94.1. The maximum atomic E-state index is 13.1. The minimum atomic E-state index is -4.96. The van der Waals surface area contributed by atoms with Gasteiger partial charge in [0.25, 0.3) is 0 Å². The lowest BCUT2D eigenvalue weighted by atomic mass is 9.99. The Balaban J connectivity index is 5.24. The topological polar surface area (TPSA) is 237 Å². The largest absolute Gasteiger partial charge is 0.472 e. The zero-order chi connectivity index (χ0) is 70.9. The molecule has 0 bridgehead atoms. The van der Waals surface area contributed by atoms with Crippen LogP contribution in [0.25, 0.3) is 0 Å². The van der Waals surface area contributed by atoms with E-state index >= 15 is 0 Å². The van der Waals surface area contributed by atoms with E-state index in [1.165, 1.54) is 205 Å². The third-order valence-corrected chi connectivity index (χ3v) is 20.1. The first-order chi connectivity index (χ1) is 46.3. The van der Waals surface area contributed by atoms with Crippen molar-refractivity contribution in [3.63, 3.8) is 0 Å². The van der Waals surface area contributed by atoms with Crippen molar-refractivity contribution >= 4 is 39.5 Å². The fraction of sp³-hybridized carbons (Fsp3) is 0.948. The van der Waals surface area contributed by atoms with Gasteiger partial charge in [0.15, 0.2) is 12.2 Å². The van der Waals surface area contributed by atoms with Gasteiger partial charge in [0.2, 0.25) is 0 Å². The summed E-state index contributed by atoms with van der Waals surface area (Å²) in [5.74, 6) is 0.247. The van der Waals surface area contributed by atoms with Crippen LogP contribution in [-0.4, -0.2) is 96.7 Å². The van der Waals surface area contributed by atoms with Gasteiger partial charge in [-0.2, -0.15) is 0 Å². The van der Waals surface area contributed by atoms with Crippen molar-refractivity contribution in [2.24, 2.45) is 17.8 Å². The molecule has 0 aromatic heterocycles. The van der Waals surface area contributed by atoms with E-state index in [-0.39, 0.29) is 25.7 Å². The monoisotopic (exact) mass is 1410 g/mol. The standard InChI is InChI=1S/C77H150O17P2/c1-8-10-11-12-13-14-29-37-44-51-58-74(79)87-65-73(94-77(82)61-54-47-40-33-32-36-43-50-57-70(7)9-2)67-92-96(85,86)90-63-71(78)62-89-95(83,84)91-66-72(93-76(81)60-53-46-39-31-26-22-18-16-20-24-28-35-42-49-56-69(5)6)64-88-75(80)59-52-45-38-30-25-21-17-15-19-23-27-34-41-48-55-68(3)4/h68-73,78H,8-67H2,1-7H3,(H,83,84)(H,85,86)/t70?,71-,72-,73-/m1/s1. The predicted molar refractivity (Wildman–Crippen MR) is 391 cm³/mol. The number of ether oxygens (including phenoxy) is 4. The number of carbonyl (C=O) groups is 4. The molecule has 0 rings (SSSR count). The lowest BCUT2D eigenvalue weighted by molar-refractivity contribution is -0.161. The maximum Gasteiger partial charge on any atom is 0.472 e. The van der Waals surface area contributed by atoms with Crippen molar-refractivity contribution in [3.8, 4) is 0 Å². The fourth-order valence-corrected chi connectivity index (χ4v) is 13.3. The second kappa shape index (κ2) is 67.5. The van der Waals surface area contributed by atoms with Crippen LogP contribution >= 0.6 is 15.6 Å². The van der Waals surface area contributed by atoms with Crippen molar-refractivity contribution < 1.29 is 80.2 Å². The number of carbonyl (C=O) groups excluding carboxylic acids is 4. The van der Waals surface area contributed by atoms with Crippen LogP contribution in [-0.2, 0) is 65.4 Å². The van der Waals surface area contributed by atoms with E-state index in [0.717, 1.165) is 108 Å². The normalized spacial score (nSPS) is 14.3. The number of phosphoric acid groups is 2. The number of rotatable bonds is 75. The second-order valence-electron chi connectivity index (χ2n) is 28.9. The molecule has 0 saturated carbocycles. The molecule has 96 heavy (non-hydrogen) atoms. The summed E-state index contributed by atoms with van der Waals surface area (Å²) >= 11 is 0. The van der Waals surface area contributed by atoms with E-state index in [1.54, 1.807) is 0 Å². The highest BCUT2D eigenvalue weighted by Gasteiger charge is 2.30. The molecule has 0 spiro atoms. The molecule has 3 N–H and O–H groups in total. The third kappa shape index (κ3) is 69.2. The number of phosphoric ester groups is 2. The van der Waals surface area contributed by atoms with E-state index < -0.39 is 97.5 Å². The average molecular weight is 1410 g/mol. The summed E-state index contributed by atoms with van der Waals surface area (Å²) in [6.07, 6.45) is 54.0. The van der Waals surface area contributed by atoms with E-state index in [9.17, 15) is 43.2 Å². The highest BCUT2D eigenvalue weighted by atomic mass is 31.2. The SMILES string of the molecule is CCCCCCCCCCCCC(=O)OC[C@H](COP(=O)(O)OC[C@H](O)COP(=O)(O)OC[C@@H](COC(=O)CCCCCCCCCCCCCCCCC(C)C)OC(=O)CCCCCCCCCCCCCCCCC(C)C)OC(=O)CCCCCCCCCCC(C)CC. The number of esters is 4. The molecule has 0 aromatic carbocycles. The highest BCUT2D eigenvalue weighted by Crippen LogP contribution is 2.45. The summed E-state index contributed by atoms with van der Waals surface area (Å²) in [5, 5.41) is 10.6. The predicted octanol–water partition coefficient (Wildman–Crippen LogP) is 22.6. The smallest absolute Gasteiger partial charge is 0.462 e. The zero-order valence-corrected chi connectivity index (χ0v) is 64.6. The van der Waals surface area contributed by atoms with Crippen LogP contribution in [0.5, 0.6) is 0 Å². The number of aliphatic hydroxyl groups is 1. The number of hydrogen-bond donors (Lipinski definition) is 3. The van der Waals surface area contributed by atoms with Crippen molar-refractivity contribution in [3.05, 3.63) is 0 Å². The maximum absolute atomic E-state index is 13.1. The minimum absolute atomic E-state index is 0.105. The number of unbranched alkanes of at least 4 members (excludes halogenated alkanes) is 42. The van der Waals surface area contributed by atoms with Gasteiger partial charge >= 0.3 is 39.5 Å². The average Bonchev–Trinajstić information content (AvgIpc) is 1.80. The van der Waals surface area contributed by atoms with Crippen LogP contribution in [0.2, 0.25) is 0 Å². The summed E-state index contributed by atoms with van der Waals surface area (Å²) in [5.41, 5.74) is 0. The Kier molecular flexibility index (Phi) is 66.2. The van der Waals surface area contributed by atoms with Gasteiger partial charge in [-0.05, 0) is 43.4 Å². The Morgan fingerprint density at radius 1 is 0.302 bits per heavy atom. The summed E-state index contributed by atoms with van der Waals surface area (Å²) in [4.78, 5) is 72.8. The van der Waals surface area contributed by atoms with Crippen LogP contribution < -0.4 is 0 Å². The molecule has 0 fully saturated rings. The fourth-order valence-electron chi connectivity index (χ4n) is 11.7. The lowest BCUT2D eigenvalue weighted by Gasteiger charge is -2.21. The van der Waals surface area contributed by atoms with Crippen LogP contribution in [0.15, 0.2) is 0 Å². The van der Waals surface area contributed by atoms with Crippen LogP contribution in [0.3, 0.4) is 0 Å². The molecular weight excluding hydrogens is 1260 g/mol. The van der Waals surface area contributed by atoms with Crippen LogP contribution in [0.1, 0.15) is 395 Å². The molecule has 0 radical (unpaired) electrons. The molecule has 0 heterocycles. The van der Waals surface area contributed by atoms with Crippen molar-refractivity contribution in [2.75, 3.05) is 39.6 Å². The van der Waals surface area contributed by atoms with Crippen molar-refractivity contribution in [1.29, 1.82) is 0 Å². The Hall–Kier alpha value is -1.94. The third-order valence-electron chi connectivity index (χ3n) is 18.2. The quantitative estimate of drug-likeness (QED) is 0.0222. The van der Waals surface area contributed by atoms with E-state index in [2.05, 4.69) is 48.5 Å². The van der Waals surface area contributed by atoms with Crippen molar-refractivity contribution in [1.82, 2.24) is 0 Å². The van der Waals surface area contributed by atoms with Gasteiger partial charge in [0, 0.05) is 25.7 Å². The van der Waals surface area contributed by atoms with Gasteiger partial charge in [-0.3, -0.25) is 37.3 Å². The van der Waals surface area contributed by atoms with Crippen LogP contribution in [0, 0.1) is 17.8 Å². The Labute approximate surface area is 588 Å². The minimum Gasteiger partial charge on any atom is -0.462 e. The van der Waals surface area contributed by atoms with Gasteiger partial charge in [-0.15, -0.1) is 0 Å². The Morgan fingerprint density at radius 2 is 0.531 bits per heavy atom. The molecule has 19 heteroatoms. The van der Waals surface area contributed by atoms with Crippen LogP contribution in [0.4, 0.5) is 0 Å². The van der Waals surface area contributed by atoms with Gasteiger partial charge in [-0.25, -0.2) is 9.13 Å². The van der Waals surface area contributed by atoms with E-state index in [4.69, 9.17) is 37.0 Å². The van der Waals surface area contributed by atoms with E-state index in [1.807, 2.05) is 0 Å². The van der Waals surface area contributed by atoms with E-state index in [0.29, 0.717) is 25.7 Å². The second-order valence-corrected chi connectivity index (χ2v) is 31.8. The zero-order valence-electron chi connectivity index (χ0n) is 62.8. The number of hydrogen-bond acceptors (Lipinski definition) is 15. The molecule has 0 aromatic rings. The van der Waals surface area contributed by atoms with Gasteiger partial charge < -0.3 is 33.8 Å². The first-order valence-electron chi connectivity index (χ1n) is 39.9. The molecule has 0 aliphatic heterocycles. The van der Waals surface area contributed by atoms with Crippen molar-refractivity contribution in [2.45, 2.75) is 414 Å². The summed E-state index contributed by atoms with van der Waals surface area (Å²) in [6.45, 7) is 11.9. The molecule has 570 valence electrons. The molecule has 0 amide bonds. The molecule has 0 aliphatic carbocycles. The van der Waals surface area contributed by atoms with Gasteiger partial charge in [0.1, 0.15) is 19.3 Å². The molecule has 0 saturated heterocycles. The molecule has 3 unspecified atom stereocenters. The lowest BCUT2D eigenvalue weighted by Crippen LogP contribution is -2.30. The molecule has 17 nitrogen and oxygen atoms in total. The first-order valence-corrected chi connectivity index (χ1v) is 42.9. The Morgan fingerprint density at radius 3 is 0.792 bits per heavy atom. The molecule has 0 aliphatic rings. The summed E-state index contributed by atoms with van der Waals surface area (Å²) < 4.78 is 68.6. The van der Waals surface area contributed by atoms with Gasteiger partial charge in [-0.1, -0.05) is 344 Å². The Bertz CT molecular complexity index is 1870. The summed E-state index contributed by atoms with van der Waals surface area (Å²) in [6, 6.07) is 0. The van der Waals surface area contributed by atoms with Gasteiger partial charge in [0.05, 0.1) is 26.4 Å². The summed E-state index contributed by atoms with van der Waals surface area (Å²) in [7, 11) is -9.91. The highest BCUT2D eigenvalue weighted by molar-refractivity contribution is 7.47. The molecular formula is C77H150O17P2. The number of aliphatic hydroxyl groups excluding tert-OH is 1. The molecule has 6 atom stereocenters.